The van der Waals surface area contributed by atoms with Gasteiger partial charge in [0.05, 0.1) is 22.3 Å². The lowest BCUT2D eigenvalue weighted by Crippen LogP contribution is -2.50. The van der Waals surface area contributed by atoms with Crippen LogP contribution in [0.15, 0.2) is 34.7 Å². The summed E-state index contributed by atoms with van der Waals surface area (Å²) in [5, 5.41) is 4.08. The third-order valence-electron chi connectivity index (χ3n) is 7.68. The first kappa shape index (κ1) is 28.0. The number of amides is 1. The van der Waals surface area contributed by atoms with E-state index in [1.807, 2.05) is 6.92 Å². The van der Waals surface area contributed by atoms with E-state index in [4.69, 9.17) is 18.6 Å². The number of hydrogen-bond donors (Lipinski definition) is 1. The number of furan rings is 1. The molecule has 2 aromatic heterocycles. The molecule has 0 radical (unpaired) electrons. The Bertz CT molecular complexity index is 1330. The van der Waals surface area contributed by atoms with Crippen molar-refractivity contribution in [3.05, 3.63) is 41.7 Å². The zero-order chi connectivity index (χ0) is 28.4. The van der Waals surface area contributed by atoms with E-state index in [1.54, 1.807) is 12.1 Å². The Morgan fingerprint density at radius 2 is 1.68 bits per heavy atom. The summed E-state index contributed by atoms with van der Waals surface area (Å²) >= 11 is 0. The number of nitrogens with one attached hydrogen (secondary N) is 1. The number of ether oxygens (including phenoxy) is 3. The van der Waals surface area contributed by atoms with Crippen LogP contribution in [-0.2, 0) is 0 Å². The number of rotatable bonds is 9. The number of aryl methyl sites for hydroxylation is 1. The fourth-order valence-corrected chi connectivity index (χ4v) is 6.20. The van der Waals surface area contributed by atoms with Crippen molar-refractivity contribution in [3.63, 3.8) is 0 Å². The highest BCUT2D eigenvalue weighted by Gasteiger charge is 2.30. The van der Waals surface area contributed by atoms with Crippen molar-refractivity contribution < 1.29 is 23.4 Å². The highest BCUT2D eigenvalue weighted by Crippen LogP contribution is 2.35. The van der Waals surface area contributed by atoms with Crippen LogP contribution in [0.3, 0.4) is 0 Å². The minimum absolute atomic E-state index is 0.0789. The van der Waals surface area contributed by atoms with Gasteiger partial charge in [-0.1, -0.05) is 37.0 Å². The summed E-state index contributed by atoms with van der Waals surface area (Å²) in [5.74, 6) is 1.50. The van der Waals surface area contributed by atoms with Gasteiger partial charge in [0, 0.05) is 25.2 Å². The van der Waals surface area contributed by atoms with Crippen LogP contribution in [0.25, 0.3) is 0 Å². The molecule has 2 fully saturated rings. The number of aromatic nitrogens is 2. The Kier molecular flexibility index (Phi) is 8.04. The molecule has 1 N–H and O–H groups in total. The standard InChI is InChI=1S/C29H39N5O5Si/c1-19-8-9-21(40(4,5)6)18-23(19)39-24-11-10-22(38-24)26(35)30-25-27(36-2)31-29(32-28(25)37-3)34-16-12-20(13-17-34)33-14-7-15-33/h8-11,18,20H,7,12-17H2,1-6H3,(H,30,35). The number of benzene rings is 1. The zero-order valence-corrected chi connectivity index (χ0v) is 25.2. The lowest BCUT2D eigenvalue weighted by atomic mass is 10.00. The summed E-state index contributed by atoms with van der Waals surface area (Å²) in [7, 11) is 1.50. The summed E-state index contributed by atoms with van der Waals surface area (Å²) in [6.45, 7) is 12.9. The molecule has 0 saturated carbocycles. The molecule has 11 heteroatoms. The summed E-state index contributed by atoms with van der Waals surface area (Å²) in [6.07, 6.45) is 3.43. The van der Waals surface area contributed by atoms with Crippen molar-refractivity contribution in [1.82, 2.24) is 14.9 Å². The number of piperidine rings is 1. The Balaban J connectivity index is 1.29. The van der Waals surface area contributed by atoms with Gasteiger partial charge in [-0.3, -0.25) is 4.79 Å². The van der Waals surface area contributed by atoms with Crippen molar-refractivity contribution >= 4 is 30.8 Å². The molecule has 1 amide bonds. The Morgan fingerprint density at radius 3 is 2.25 bits per heavy atom. The van der Waals surface area contributed by atoms with Gasteiger partial charge in [-0.15, -0.1) is 0 Å². The average molecular weight is 566 g/mol. The molecule has 0 unspecified atom stereocenters. The van der Waals surface area contributed by atoms with Crippen LogP contribution in [0.5, 0.6) is 23.5 Å². The number of hydrogen-bond acceptors (Lipinski definition) is 9. The molecule has 0 bridgehead atoms. The van der Waals surface area contributed by atoms with Crippen molar-refractivity contribution in [2.24, 2.45) is 0 Å². The van der Waals surface area contributed by atoms with Crippen LogP contribution in [0.4, 0.5) is 11.6 Å². The van der Waals surface area contributed by atoms with E-state index in [-0.39, 0.29) is 29.2 Å². The van der Waals surface area contributed by atoms with E-state index >= 15 is 0 Å². The average Bonchev–Trinajstić information content (AvgIpc) is 3.37. The summed E-state index contributed by atoms with van der Waals surface area (Å²) in [5.41, 5.74) is 1.23. The molecule has 2 saturated heterocycles. The van der Waals surface area contributed by atoms with E-state index in [9.17, 15) is 4.79 Å². The maximum atomic E-state index is 13.2. The highest BCUT2D eigenvalue weighted by atomic mass is 28.3. The molecule has 2 aliphatic heterocycles. The molecule has 0 atom stereocenters. The minimum atomic E-state index is -1.52. The van der Waals surface area contributed by atoms with E-state index in [2.05, 4.69) is 62.9 Å². The third kappa shape index (κ3) is 5.95. The largest absolute Gasteiger partial charge is 0.479 e. The van der Waals surface area contributed by atoms with E-state index in [1.165, 1.54) is 38.9 Å². The van der Waals surface area contributed by atoms with Crippen LogP contribution in [0.1, 0.15) is 35.4 Å². The van der Waals surface area contributed by atoms with Gasteiger partial charge < -0.3 is 33.7 Å². The van der Waals surface area contributed by atoms with E-state index in [0.717, 1.165) is 31.5 Å². The van der Waals surface area contributed by atoms with Crippen LogP contribution in [0, 0.1) is 6.92 Å². The second-order valence-corrected chi connectivity index (χ2v) is 16.5. The highest BCUT2D eigenvalue weighted by molar-refractivity contribution is 6.88. The number of likely N-dealkylation sites (tertiary alicyclic amines) is 1. The predicted molar refractivity (Wildman–Crippen MR) is 157 cm³/mol. The SMILES string of the molecule is COc1nc(N2CCC(N3CCC3)CC2)nc(OC)c1NC(=O)c1ccc(Oc2cc([Si](C)(C)C)ccc2C)o1. The molecule has 214 valence electrons. The van der Waals surface area contributed by atoms with Gasteiger partial charge in [-0.25, -0.2) is 0 Å². The Hall–Kier alpha value is -3.57. The topological polar surface area (TPSA) is 102 Å². The van der Waals surface area contributed by atoms with Crippen LogP contribution in [0.2, 0.25) is 19.6 Å². The third-order valence-corrected chi connectivity index (χ3v) is 9.72. The van der Waals surface area contributed by atoms with Gasteiger partial charge in [0.2, 0.25) is 17.7 Å². The zero-order valence-electron chi connectivity index (χ0n) is 24.2. The maximum absolute atomic E-state index is 13.2. The maximum Gasteiger partial charge on any atom is 0.291 e. The fraction of sp³-hybridized carbons (Fsp3) is 0.483. The summed E-state index contributed by atoms with van der Waals surface area (Å²) in [6, 6.07) is 10.1. The predicted octanol–water partition coefficient (Wildman–Crippen LogP) is 4.66. The molecule has 0 aliphatic carbocycles. The number of carbonyl (C=O) groups excluding carboxylic acids is 1. The number of methoxy groups -OCH3 is 2. The van der Waals surface area contributed by atoms with Gasteiger partial charge >= 0.3 is 0 Å². The second-order valence-electron chi connectivity index (χ2n) is 11.4. The van der Waals surface area contributed by atoms with Gasteiger partial charge in [0.1, 0.15) is 5.75 Å². The number of anilines is 2. The Labute approximate surface area is 236 Å². The van der Waals surface area contributed by atoms with E-state index < -0.39 is 14.0 Å². The molecular weight excluding hydrogens is 526 g/mol. The van der Waals surface area contributed by atoms with Gasteiger partial charge in [-0.05, 0) is 57.0 Å². The van der Waals surface area contributed by atoms with Gasteiger partial charge in [0.25, 0.3) is 11.9 Å². The normalized spacial score (nSPS) is 16.4. The van der Waals surface area contributed by atoms with Crippen LogP contribution in [-0.4, -0.2) is 75.3 Å². The molecular formula is C29H39N5O5Si. The lowest BCUT2D eigenvalue weighted by Gasteiger charge is -2.43. The van der Waals surface area contributed by atoms with E-state index in [0.29, 0.717) is 17.7 Å². The molecule has 3 aromatic rings. The van der Waals surface area contributed by atoms with Crippen molar-refractivity contribution in [2.45, 2.75) is 51.9 Å². The molecule has 5 rings (SSSR count). The first-order chi connectivity index (χ1) is 19.2. The molecule has 0 spiro atoms. The number of nitrogens with zero attached hydrogens (tertiary/aromatic N) is 4. The minimum Gasteiger partial charge on any atom is -0.479 e. The molecule has 10 nitrogen and oxygen atoms in total. The summed E-state index contributed by atoms with van der Waals surface area (Å²) < 4.78 is 22.9. The molecule has 1 aromatic carbocycles. The van der Waals surface area contributed by atoms with Crippen molar-refractivity contribution in [2.75, 3.05) is 50.6 Å². The Morgan fingerprint density at radius 1 is 1.00 bits per heavy atom. The summed E-state index contributed by atoms with van der Waals surface area (Å²) in [4.78, 5) is 27.1. The smallest absolute Gasteiger partial charge is 0.291 e. The first-order valence-corrected chi connectivity index (χ1v) is 17.4. The second kappa shape index (κ2) is 11.5. The monoisotopic (exact) mass is 565 g/mol. The van der Waals surface area contributed by atoms with Crippen molar-refractivity contribution in [3.8, 4) is 23.5 Å². The number of carbonyl (C=O) groups is 1. The first-order valence-electron chi connectivity index (χ1n) is 13.9. The molecule has 4 heterocycles. The lowest BCUT2D eigenvalue weighted by molar-refractivity contribution is 0.0990. The van der Waals surface area contributed by atoms with Gasteiger partial charge in [0.15, 0.2) is 11.4 Å². The molecule has 2 aliphatic rings. The van der Waals surface area contributed by atoms with Crippen molar-refractivity contribution in [1.29, 1.82) is 0 Å². The molecule has 40 heavy (non-hydrogen) atoms. The van der Waals surface area contributed by atoms with Gasteiger partial charge in [-0.2, -0.15) is 9.97 Å². The quantitative estimate of drug-likeness (QED) is 0.371. The van der Waals surface area contributed by atoms with Crippen LogP contribution < -0.4 is 29.6 Å². The fourth-order valence-electron chi connectivity index (χ4n) is 5.05. The van der Waals surface area contributed by atoms with Crippen LogP contribution >= 0.6 is 0 Å².